The average Bonchev–Trinajstić information content (AvgIpc) is 3.39. The first-order chi connectivity index (χ1) is 14.7. The van der Waals surface area contributed by atoms with Gasteiger partial charge in [-0.1, -0.05) is 29.2 Å². The first-order valence-electron chi connectivity index (χ1n) is 9.86. The quantitative estimate of drug-likeness (QED) is 0.521. The number of aromatic nitrogens is 2. The number of nitrogens with zero attached hydrogens (tertiary/aromatic N) is 3. The van der Waals surface area contributed by atoms with Gasteiger partial charge in [-0.15, -0.1) is 10.2 Å². The number of sulfonamides is 1. The van der Waals surface area contributed by atoms with Crippen molar-refractivity contribution < 1.29 is 17.9 Å². The van der Waals surface area contributed by atoms with E-state index in [9.17, 15) is 13.2 Å². The summed E-state index contributed by atoms with van der Waals surface area (Å²) in [5.41, 5.74) is 1.25. The number of ether oxygens (including phenoxy) is 1. The van der Waals surface area contributed by atoms with Crippen molar-refractivity contribution in [3.05, 3.63) is 23.8 Å². The summed E-state index contributed by atoms with van der Waals surface area (Å²) in [4.78, 5) is 12.8. The molecule has 1 fully saturated rings. The molecule has 31 heavy (non-hydrogen) atoms. The molecule has 1 saturated heterocycles. The van der Waals surface area contributed by atoms with Crippen molar-refractivity contribution in [3.63, 3.8) is 0 Å². The smallest absolute Gasteiger partial charge is 0.242 e. The Morgan fingerprint density at radius 3 is 2.84 bits per heavy atom. The Labute approximate surface area is 191 Å². The van der Waals surface area contributed by atoms with Crippen LogP contribution in [0.25, 0.3) is 0 Å². The molecule has 0 aliphatic carbocycles. The van der Waals surface area contributed by atoms with E-state index in [1.165, 1.54) is 49.3 Å². The third-order valence-electron chi connectivity index (χ3n) is 4.80. The van der Waals surface area contributed by atoms with Crippen LogP contribution in [0.4, 0.5) is 10.8 Å². The maximum atomic E-state index is 12.7. The number of anilines is 2. The number of thioether (sulfide) groups is 1. The number of hydrogen-bond donors (Lipinski definition) is 2. The van der Waals surface area contributed by atoms with Crippen LogP contribution in [0.2, 0.25) is 0 Å². The van der Waals surface area contributed by atoms with Crippen molar-refractivity contribution in [2.45, 2.75) is 47.3 Å². The normalized spacial score (nSPS) is 17.6. The molecule has 3 rings (SSSR count). The molecule has 2 aromatic rings. The summed E-state index contributed by atoms with van der Waals surface area (Å²) in [6.07, 6.45) is 2.33. The number of rotatable bonds is 9. The summed E-state index contributed by atoms with van der Waals surface area (Å²) in [6, 6.07) is 4.70. The summed E-state index contributed by atoms with van der Waals surface area (Å²) in [7, 11) is -0.645. The van der Waals surface area contributed by atoms with Crippen molar-refractivity contribution in [1.29, 1.82) is 0 Å². The van der Waals surface area contributed by atoms with Gasteiger partial charge in [0.25, 0.3) is 0 Å². The van der Waals surface area contributed by atoms with E-state index in [2.05, 4.69) is 20.8 Å². The van der Waals surface area contributed by atoms with Crippen molar-refractivity contribution in [1.82, 2.24) is 14.5 Å². The molecule has 0 spiro atoms. The van der Waals surface area contributed by atoms with Gasteiger partial charge < -0.3 is 15.4 Å². The number of carbonyl (C=O) groups excluding carboxylic acids is 1. The lowest BCUT2D eigenvalue weighted by atomic mass is 10.2. The molecule has 1 aliphatic heterocycles. The molecule has 2 heterocycles. The molecule has 0 saturated carbocycles. The SMILES string of the molecule is Cc1ccc(S(=O)(=O)N(C)C)cc1NC(=O)[C@H](C)Sc1nnc(NC[C@@H]2CCCO2)s1. The zero-order valence-electron chi connectivity index (χ0n) is 17.9. The predicted molar refractivity (Wildman–Crippen MR) is 123 cm³/mol. The third-order valence-corrected chi connectivity index (χ3v) is 8.68. The van der Waals surface area contributed by atoms with E-state index in [-0.39, 0.29) is 16.9 Å². The highest BCUT2D eigenvalue weighted by atomic mass is 32.2. The fourth-order valence-corrected chi connectivity index (χ4v) is 5.71. The van der Waals surface area contributed by atoms with E-state index >= 15 is 0 Å². The molecule has 0 radical (unpaired) electrons. The largest absolute Gasteiger partial charge is 0.376 e. The van der Waals surface area contributed by atoms with Gasteiger partial charge in [0.05, 0.1) is 16.2 Å². The van der Waals surface area contributed by atoms with Gasteiger partial charge in [0.2, 0.25) is 21.1 Å². The van der Waals surface area contributed by atoms with Crippen molar-refractivity contribution in [2.24, 2.45) is 0 Å². The maximum Gasteiger partial charge on any atom is 0.242 e. The fourth-order valence-electron chi connectivity index (χ4n) is 2.88. The second-order valence-electron chi connectivity index (χ2n) is 7.40. The number of aryl methyl sites for hydroxylation is 1. The standard InChI is InChI=1S/C19H27N5O4S3/c1-12-7-8-15(31(26,27)24(3)4)10-16(12)21-17(25)13(2)29-19-23-22-18(30-19)20-11-14-6-5-9-28-14/h7-8,10,13-14H,5-6,9,11H2,1-4H3,(H,20,22)(H,21,25)/t13-,14-/m0/s1. The predicted octanol–water partition coefficient (Wildman–Crippen LogP) is 2.81. The summed E-state index contributed by atoms with van der Waals surface area (Å²) >= 11 is 2.70. The summed E-state index contributed by atoms with van der Waals surface area (Å²) in [5.74, 6) is -0.239. The minimum Gasteiger partial charge on any atom is -0.376 e. The van der Waals surface area contributed by atoms with Gasteiger partial charge in [0, 0.05) is 32.9 Å². The molecule has 1 amide bonds. The van der Waals surface area contributed by atoms with Crippen molar-refractivity contribution in [2.75, 3.05) is 37.9 Å². The van der Waals surface area contributed by atoms with E-state index in [0.717, 1.165) is 29.3 Å². The van der Waals surface area contributed by atoms with Gasteiger partial charge in [0.1, 0.15) is 0 Å². The molecule has 1 aliphatic rings. The second-order valence-corrected chi connectivity index (χ2v) is 12.1. The number of amides is 1. The van der Waals surface area contributed by atoms with Gasteiger partial charge in [-0.3, -0.25) is 4.79 Å². The molecule has 2 atom stereocenters. The first kappa shape index (κ1) is 23.9. The summed E-state index contributed by atoms with van der Waals surface area (Å²) in [6.45, 7) is 5.09. The lowest BCUT2D eigenvalue weighted by Gasteiger charge is -2.15. The molecule has 0 unspecified atom stereocenters. The first-order valence-corrected chi connectivity index (χ1v) is 13.0. The van der Waals surface area contributed by atoms with Gasteiger partial charge in [-0.2, -0.15) is 0 Å². The highest BCUT2D eigenvalue weighted by molar-refractivity contribution is 8.02. The van der Waals surface area contributed by atoms with E-state index in [1.807, 2.05) is 6.92 Å². The highest BCUT2D eigenvalue weighted by Gasteiger charge is 2.22. The minimum absolute atomic E-state index is 0.129. The van der Waals surface area contributed by atoms with Crippen LogP contribution in [0.5, 0.6) is 0 Å². The Balaban J connectivity index is 1.59. The number of carbonyl (C=O) groups is 1. The van der Waals surface area contributed by atoms with Crippen LogP contribution < -0.4 is 10.6 Å². The van der Waals surface area contributed by atoms with Crippen LogP contribution in [0.15, 0.2) is 27.4 Å². The molecule has 12 heteroatoms. The Morgan fingerprint density at radius 2 is 2.16 bits per heavy atom. The van der Waals surface area contributed by atoms with Gasteiger partial charge >= 0.3 is 0 Å². The lowest BCUT2D eigenvalue weighted by Crippen LogP contribution is -2.24. The molecule has 170 valence electrons. The highest BCUT2D eigenvalue weighted by Crippen LogP contribution is 2.30. The van der Waals surface area contributed by atoms with Crippen LogP contribution in [0.1, 0.15) is 25.3 Å². The van der Waals surface area contributed by atoms with Crippen LogP contribution >= 0.6 is 23.1 Å². The van der Waals surface area contributed by atoms with Gasteiger partial charge in [0.15, 0.2) is 4.34 Å². The van der Waals surface area contributed by atoms with Crippen molar-refractivity contribution in [3.8, 4) is 0 Å². The Kier molecular flexibility index (Phi) is 7.92. The Bertz CT molecular complexity index is 1020. The minimum atomic E-state index is -3.59. The van der Waals surface area contributed by atoms with Crippen LogP contribution in [-0.2, 0) is 19.6 Å². The zero-order valence-corrected chi connectivity index (χ0v) is 20.4. The molecule has 9 nitrogen and oxygen atoms in total. The molecular formula is C19H27N5O4S3. The molecule has 2 N–H and O–H groups in total. The lowest BCUT2D eigenvalue weighted by molar-refractivity contribution is -0.115. The average molecular weight is 486 g/mol. The maximum absolute atomic E-state index is 12.7. The number of benzene rings is 1. The summed E-state index contributed by atoms with van der Waals surface area (Å²) < 4.78 is 32.2. The van der Waals surface area contributed by atoms with E-state index < -0.39 is 15.3 Å². The van der Waals surface area contributed by atoms with E-state index in [0.29, 0.717) is 21.7 Å². The Hall–Kier alpha value is -1.73. The van der Waals surface area contributed by atoms with Gasteiger partial charge in [-0.05, 0) is 44.4 Å². The molecule has 1 aromatic heterocycles. The van der Waals surface area contributed by atoms with Gasteiger partial charge in [-0.25, -0.2) is 12.7 Å². The molecular weight excluding hydrogens is 458 g/mol. The molecule has 0 bridgehead atoms. The zero-order chi connectivity index (χ0) is 22.6. The van der Waals surface area contributed by atoms with Crippen LogP contribution in [-0.4, -0.2) is 67.4 Å². The van der Waals surface area contributed by atoms with Crippen LogP contribution in [0.3, 0.4) is 0 Å². The summed E-state index contributed by atoms with van der Waals surface area (Å²) in [5, 5.41) is 14.6. The number of hydrogen-bond acceptors (Lipinski definition) is 9. The monoisotopic (exact) mass is 485 g/mol. The number of nitrogens with one attached hydrogen (secondary N) is 2. The van der Waals surface area contributed by atoms with E-state index in [4.69, 9.17) is 4.74 Å². The second kappa shape index (κ2) is 10.3. The van der Waals surface area contributed by atoms with Crippen molar-refractivity contribution >= 4 is 49.8 Å². The third kappa shape index (κ3) is 6.16. The Morgan fingerprint density at radius 1 is 1.39 bits per heavy atom. The molecule has 1 aromatic carbocycles. The fraction of sp³-hybridized carbons (Fsp3) is 0.526. The van der Waals surface area contributed by atoms with Crippen LogP contribution in [0, 0.1) is 6.92 Å². The van der Waals surface area contributed by atoms with E-state index in [1.54, 1.807) is 13.0 Å². The topological polar surface area (TPSA) is 114 Å².